The summed E-state index contributed by atoms with van der Waals surface area (Å²) in [6, 6.07) is 1.04. The van der Waals surface area contributed by atoms with Gasteiger partial charge in [-0.3, -0.25) is 15.0 Å². The molecular weight excluding hydrogens is 266 g/mol. The molecule has 2 atom stereocenters. The van der Waals surface area contributed by atoms with Crippen molar-refractivity contribution in [3.05, 3.63) is 0 Å². The minimum absolute atomic E-state index is 0.131. The molecule has 2 aliphatic rings. The maximum Gasteiger partial charge on any atom is 0.325 e. The predicted molar refractivity (Wildman–Crippen MR) is 84.3 cm³/mol. The van der Waals surface area contributed by atoms with Gasteiger partial charge in [0.1, 0.15) is 5.54 Å². The minimum atomic E-state index is -0.548. The molecule has 2 fully saturated rings. The highest BCUT2D eigenvalue weighted by molar-refractivity contribution is 5.80. The number of nitrogens with zero attached hydrogens (tertiary/aromatic N) is 2. The summed E-state index contributed by atoms with van der Waals surface area (Å²) in [5, 5.41) is 3.49. The fourth-order valence-electron chi connectivity index (χ4n) is 3.26. The summed E-state index contributed by atoms with van der Waals surface area (Å²) in [6.07, 6.45) is 4.37. The van der Waals surface area contributed by atoms with Gasteiger partial charge in [-0.2, -0.15) is 0 Å². The van der Waals surface area contributed by atoms with Crippen molar-refractivity contribution in [2.45, 2.75) is 57.2 Å². The van der Waals surface area contributed by atoms with Gasteiger partial charge in [0, 0.05) is 25.2 Å². The number of rotatable bonds is 6. The molecule has 122 valence electrons. The molecule has 0 aromatic rings. The number of methoxy groups -OCH3 is 1. The molecule has 5 heteroatoms. The SMILES string of the molecule is COC(=O)C(C)(CCN1CCCN(C)CC1C)NC1CC1. The normalized spacial score (nSPS) is 27.9. The van der Waals surface area contributed by atoms with Crippen molar-refractivity contribution in [3.8, 4) is 0 Å². The molecule has 1 aliphatic heterocycles. The highest BCUT2D eigenvalue weighted by Gasteiger charge is 2.39. The average Bonchev–Trinajstić information content (AvgIpc) is 3.25. The van der Waals surface area contributed by atoms with Crippen LogP contribution in [0, 0.1) is 0 Å². The monoisotopic (exact) mass is 297 g/mol. The Morgan fingerprint density at radius 1 is 1.38 bits per heavy atom. The Bertz CT molecular complexity index is 359. The van der Waals surface area contributed by atoms with Gasteiger partial charge in [-0.25, -0.2) is 0 Å². The van der Waals surface area contributed by atoms with Crippen LogP contribution in [0.3, 0.4) is 0 Å². The summed E-state index contributed by atoms with van der Waals surface area (Å²) in [7, 11) is 3.67. The molecule has 0 aromatic carbocycles. The summed E-state index contributed by atoms with van der Waals surface area (Å²) >= 11 is 0. The van der Waals surface area contributed by atoms with Crippen LogP contribution in [0.15, 0.2) is 0 Å². The van der Waals surface area contributed by atoms with Gasteiger partial charge < -0.3 is 9.64 Å². The number of carbonyl (C=O) groups is 1. The van der Waals surface area contributed by atoms with E-state index in [1.54, 1.807) is 0 Å². The number of esters is 1. The molecule has 21 heavy (non-hydrogen) atoms. The van der Waals surface area contributed by atoms with E-state index in [0.717, 1.165) is 32.6 Å². The number of hydrogen-bond donors (Lipinski definition) is 1. The molecule has 1 aliphatic carbocycles. The fourth-order valence-corrected chi connectivity index (χ4v) is 3.26. The highest BCUT2D eigenvalue weighted by Crippen LogP contribution is 2.25. The van der Waals surface area contributed by atoms with Crippen LogP contribution in [-0.2, 0) is 9.53 Å². The molecule has 5 nitrogen and oxygen atoms in total. The van der Waals surface area contributed by atoms with Gasteiger partial charge in [0.2, 0.25) is 0 Å². The third kappa shape index (κ3) is 4.66. The molecule has 1 heterocycles. The Morgan fingerprint density at radius 3 is 2.71 bits per heavy atom. The van der Waals surface area contributed by atoms with Crippen molar-refractivity contribution >= 4 is 5.97 Å². The van der Waals surface area contributed by atoms with E-state index in [-0.39, 0.29) is 5.97 Å². The lowest BCUT2D eigenvalue weighted by Crippen LogP contribution is -2.53. The van der Waals surface area contributed by atoms with Crippen molar-refractivity contribution in [2.24, 2.45) is 0 Å². The first-order valence-electron chi connectivity index (χ1n) is 8.23. The minimum Gasteiger partial charge on any atom is -0.468 e. The van der Waals surface area contributed by atoms with E-state index >= 15 is 0 Å². The first kappa shape index (κ1) is 16.7. The quantitative estimate of drug-likeness (QED) is 0.744. The van der Waals surface area contributed by atoms with E-state index in [4.69, 9.17) is 4.74 Å². The summed E-state index contributed by atoms with van der Waals surface area (Å²) in [4.78, 5) is 17.1. The second-order valence-electron chi connectivity index (χ2n) is 6.99. The number of carbonyl (C=O) groups excluding carboxylic acids is 1. The average molecular weight is 297 g/mol. The molecule has 0 amide bonds. The van der Waals surface area contributed by atoms with Gasteiger partial charge in [-0.15, -0.1) is 0 Å². The lowest BCUT2D eigenvalue weighted by Gasteiger charge is -2.33. The molecule has 1 N–H and O–H groups in total. The number of hydrogen-bond acceptors (Lipinski definition) is 5. The second kappa shape index (κ2) is 7.07. The number of nitrogens with one attached hydrogen (secondary N) is 1. The Hall–Kier alpha value is -0.650. The predicted octanol–water partition coefficient (Wildman–Crippen LogP) is 1.09. The summed E-state index contributed by atoms with van der Waals surface area (Å²) < 4.78 is 5.02. The summed E-state index contributed by atoms with van der Waals surface area (Å²) in [5.41, 5.74) is -0.548. The maximum atomic E-state index is 12.2. The van der Waals surface area contributed by atoms with E-state index in [9.17, 15) is 4.79 Å². The van der Waals surface area contributed by atoms with Gasteiger partial charge in [-0.1, -0.05) is 0 Å². The third-order valence-corrected chi connectivity index (χ3v) is 4.82. The van der Waals surface area contributed by atoms with E-state index in [2.05, 4.69) is 29.1 Å². The molecular formula is C16H31N3O2. The zero-order chi connectivity index (χ0) is 15.5. The van der Waals surface area contributed by atoms with Crippen LogP contribution >= 0.6 is 0 Å². The first-order chi connectivity index (χ1) is 9.94. The lowest BCUT2D eigenvalue weighted by molar-refractivity contribution is -0.148. The van der Waals surface area contributed by atoms with Crippen LogP contribution in [-0.4, -0.2) is 73.7 Å². The molecule has 0 aromatic heterocycles. The van der Waals surface area contributed by atoms with Crippen LogP contribution in [0.25, 0.3) is 0 Å². The lowest BCUT2D eigenvalue weighted by atomic mass is 9.96. The molecule has 1 saturated heterocycles. The van der Waals surface area contributed by atoms with Crippen LogP contribution in [0.1, 0.15) is 39.5 Å². The van der Waals surface area contributed by atoms with Crippen LogP contribution in [0.5, 0.6) is 0 Å². The van der Waals surface area contributed by atoms with E-state index in [0.29, 0.717) is 12.1 Å². The van der Waals surface area contributed by atoms with Gasteiger partial charge in [-0.05, 0) is 59.7 Å². The third-order valence-electron chi connectivity index (χ3n) is 4.82. The van der Waals surface area contributed by atoms with Crippen molar-refractivity contribution < 1.29 is 9.53 Å². The Balaban J connectivity index is 1.92. The van der Waals surface area contributed by atoms with Crippen molar-refractivity contribution in [1.29, 1.82) is 0 Å². The molecule has 2 unspecified atom stereocenters. The first-order valence-corrected chi connectivity index (χ1v) is 8.23. The molecule has 1 saturated carbocycles. The Morgan fingerprint density at radius 2 is 2.10 bits per heavy atom. The van der Waals surface area contributed by atoms with E-state index in [1.807, 2.05) is 6.92 Å². The molecule has 2 rings (SSSR count). The van der Waals surface area contributed by atoms with Gasteiger partial charge in [0.05, 0.1) is 7.11 Å². The van der Waals surface area contributed by atoms with E-state index < -0.39 is 5.54 Å². The van der Waals surface area contributed by atoms with Crippen LogP contribution in [0.2, 0.25) is 0 Å². The van der Waals surface area contributed by atoms with Crippen molar-refractivity contribution in [3.63, 3.8) is 0 Å². The Labute approximate surface area is 129 Å². The summed E-state index contributed by atoms with van der Waals surface area (Å²) in [5.74, 6) is -0.131. The Kier molecular flexibility index (Phi) is 5.63. The second-order valence-corrected chi connectivity index (χ2v) is 6.99. The van der Waals surface area contributed by atoms with Gasteiger partial charge in [0.15, 0.2) is 0 Å². The standard InChI is InChI=1S/C16H31N3O2/c1-13-12-18(3)9-5-10-19(13)11-8-16(2,15(20)21-4)17-14-6-7-14/h13-14,17H,5-12H2,1-4H3. The van der Waals surface area contributed by atoms with Crippen molar-refractivity contribution in [2.75, 3.05) is 40.3 Å². The molecule has 0 radical (unpaired) electrons. The van der Waals surface area contributed by atoms with Gasteiger partial charge in [0.25, 0.3) is 0 Å². The van der Waals surface area contributed by atoms with Crippen LogP contribution < -0.4 is 5.32 Å². The fraction of sp³-hybridized carbons (Fsp3) is 0.938. The zero-order valence-electron chi connectivity index (χ0n) is 14.0. The number of likely N-dealkylation sites (N-methyl/N-ethyl adjacent to an activating group) is 1. The van der Waals surface area contributed by atoms with Gasteiger partial charge >= 0.3 is 5.97 Å². The zero-order valence-corrected chi connectivity index (χ0v) is 14.0. The molecule has 0 spiro atoms. The van der Waals surface area contributed by atoms with E-state index in [1.165, 1.54) is 26.4 Å². The molecule has 0 bridgehead atoms. The van der Waals surface area contributed by atoms with Crippen molar-refractivity contribution in [1.82, 2.24) is 15.1 Å². The maximum absolute atomic E-state index is 12.2. The topological polar surface area (TPSA) is 44.8 Å². The largest absolute Gasteiger partial charge is 0.468 e. The summed E-state index contributed by atoms with van der Waals surface area (Å²) in [6.45, 7) is 8.60. The van der Waals surface area contributed by atoms with Crippen LogP contribution in [0.4, 0.5) is 0 Å². The highest BCUT2D eigenvalue weighted by atomic mass is 16.5. The smallest absolute Gasteiger partial charge is 0.325 e. The number of ether oxygens (including phenoxy) is 1.